The normalized spacial score (nSPS) is 12.0. The minimum Gasteiger partial charge on any atom is -0.381 e. The molecule has 0 rings (SSSR count). The van der Waals surface area contributed by atoms with Crippen LogP contribution < -0.4 is 0 Å². The van der Waals surface area contributed by atoms with Crippen LogP contribution in [0.3, 0.4) is 0 Å². The first kappa shape index (κ1) is 13.2. The maximum Gasteiger partial charge on any atom is 0.389 e. The second-order valence-corrected chi connectivity index (χ2v) is 3.52. The third-order valence-electron chi connectivity index (χ3n) is 1.42. The first-order chi connectivity index (χ1) is 6.06. The van der Waals surface area contributed by atoms with Crippen molar-refractivity contribution in [2.45, 2.75) is 31.9 Å². The lowest BCUT2D eigenvalue weighted by Crippen LogP contribution is -2.09. The molecule has 0 spiro atoms. The van der Waals surface area contributed by atoms with Crippen molar-refractivity contribution in [3.05, 3.63) is 0 Å². The first-order valence-corrected chi connectivity index (χ1v) is 5.39. The van der Waals surface area contributed by atoms with Gasteiger partial charge in [0.1, 0.15) is 0 Å². The average Bonchev–Trinajstić information content (AvgIpc) is 2.01. The number of hydrogen-bond acceptors (Lipinski definition) is 1. The fourth-order valence-electron chi connectivity index (χ4n) is 0.775. The van der Waals surface area contributed by atoms with Gasteiger partial charge in [-0.2, -0.15) is 13.2 Å². The van der Waals surface area contributed by atoms with E-state index in [0.29, 0.717) is 6.61 Å². The Hall–Kier alpha value is 0.230. The van der Waals surface area contributed by atoms with E-state index >= 15 is 0 Å². The van der Waals surface area contributed by atoms with Gasteiger partial charge in [0.25, 0.3) is 0 Å². The summed E-state index contributed by atoms with van der Waals surface area (Å²) in [5, 5.41) is 0.916. The van der Waals surface area contributed by atoms with Crippen molar-refractivity contribution in [1.29, 1.82) is 0 Å². The van der Waals surface area contributed by atoms with E-state index in [2.05, 4.69) is 15.9 Å². The van der Waals surface area contributed by atoms with Gasteiger partial charge in [0, 0.05) is 25.0 Å². The van der Waals surface area contributed by atoms with Crippen LogP contribution in [-0.2, 0) is 4.74 Å². The Morgan fingerprint density at radius 1 is 1.00 bits per heavy atom. The Morgan fingerprint density at radius 3 is 2.15 bits per heavy atom. The standard InChI is InChI=1S/C8H14BrF3O/c9-5-1-2-6-13-7-3-4-8(10,11)12/h1-7H2. The average molecular weight is 263 g/mol. The van der Waals surface area contributed by atoms with Gasteiger partial charge in [-0.05, 0) is 19.3 Å². The highest BCUT2D eigenvalue weighted by molar-refractivity contribution is 9.09. The Balaban J connectivity index is 3.00. The summed E-state index contributed by atoms with van der Waals surface area (Å²) in [6, 6.07) is 0. The van der Waals surface area contributed by atoms with Crippen LogP contribution >= 0.6 is 15.9 Å². The van der Waals surface area contributed by atoms with Gasteiger partial charge in [0.15, 0.2) is 0 Å². The van der Waals surface area contributed by atoms with Gasteiger partial charge >= 0.3 is 6.18 Å². The van der Waals surface area contributed by atoms with E-state index in [9.17, 15) is 13.2 Å². The maximum atomic E-state index is 11.6. The van der Waals surface area contributed by atoms with Crippen molar-refractivity contribution in [1.82, 2.24) is 0 Å². The van der Waals surface area contributed by atoms with Crippen LogP contribution in [0.15, 0.2) is 0 Å². The van der Waals surface area contributed by atoms with Crippen LogP contribution in [0.25, 0.3) is 0 Å². The molecule has 13 heavy (non-hydrogen) atoms. The third kappa shape index (κ3) is 12.2. The van der Waals surface area contributed by atoms with Crippen molar-refractivity contribution >= 4 is 15.9 Å². The van der Waals surface area contributed by atoms with Crippen LogP contribution in [0, 0.1) is 0 Å². The lowest BCUT2D eigenvalue weighted by molar-refractivity contribution is -0.137. The van der Waals surface area contributed by atoms with Crippen molar-refractivity contribution in [3.8, 4) is 0 Å². The Bertz CT molecular complexity index is 116. The zero-order valence-corrected chi connectivity index (χ0v) is 8.96. The molecule has 0 saturated heterocycles. The quantitative estimate of drug-likeness (QED) is 0.504. The largest absolute Gasteiger partial charge is 0.389 e. The molecule has 0 N–H and O–H groups in total. The Morgan fingerprint density at radius 2 is 1.62 bits per heavy atom. The van der Waals surface area contributed by atoms with Crippen molar-refractivity contribution in [2.75, 3.05) is 18.5 Å². The molecule has 1 nitrogen and oxygen atoms in total. The molecule has 5 heteroatoms. The van der Waals surface area contributed by atoms with E-state index in [-0.39, 0.29) is 13.0 Å². The maximum absolute atomic E-state index is 11.6. The number of halogens is 4. The molecular weight excluding hydrogens is 249 g/mol. The molecule has 0 heterocycles. The smallest absolute Gasteiger partial charge is 0.381 e. The topological polar surface area (TPSA) is 9.23 Å². The fraction of sp³-hybridized carbons (Fsp3) is 1.00. The molecule has 0 fully saturated rings. The van der Waals surface area contributed by atoms with Gasteiger partial charge in [-0.15, -0.1) is 0 Å². The third-order valence-corrected chi connectivity index (χ3v) is 1.98. The highest BCUT2D eigenvalue weighted by Crippen LogP contribution is 2.20. The van der Waals surface area contributed by atoms with Crippen molar-refractivity contribution in [3.63, 3.8) is 0 Å². The molecule has 0 aliphatic rings. The second kappa shape index (κ2) is 7.62. The summed E-state index contributed by atoms with van der Waals surface area (Å²) in [6.07, 6.45) is -2.82. The first-order valence-electron chi connectivity index (χ1n) is 4.27. The molecule has 0 aromatic carbocycles. The number of ether oxygens (including phenoxy) is 1. The lowest BCUT2D eigenvalue weighted by Gasteiger charge is -2.06. The Kier molecular flexibility index (Phi) is 7.75. The van der Waals surface area contributed by atoms with Gasteiger partial charge in [-0.1, -0.05) is 15.9 Å². The molecule has 80 valence electrons. The highest BCUT2D eigenvalue weighted by atomic mass is 79.9. The summed E-state index contributed by atoms with van der Waals surface area (Å²) in [5.41, 5.74) is 0. The zero-order valence-electron chi connectivity index (χ0n) is 7.37. The predicted molar refractivity (Wildman–Crippen MR) is 49.1 cm³/mol. The van der Waals surface area contributed by atoms with Gasteiger partial charge in [-0.25, -0.2) is 0 Å². The van der Waals surface area contributed by atoms with Gasteiger partial charge in [0.2, 0.25) is 0 Å². The molecule has 0 aromatic rings. The predicted octanol–water partition coefficient (Wildman–Crippen LogP) is 3.52. The second-order valence-electron chi connectivity index (χ2n) is 2.73. The van der Waals surface area contributed by atoms with Crippen LogP contribution in [0.4, 0.5) is 13.2 Å². The zero-order chi connectivity index (χ0) is 10.2. The van der Waals surface area contributed by atoms with E-state index in [1.165, 1.54) is 0 Å². The molecule has 0 radical (unpaired) electrons. The fourth-order valence-corrected chi connectivity index (χ4v) is 1.17. The molecule has 0 aromatic heterocycles. The summed E-state index contributed by atoms with van der Waals surface area (Å²) in [4.78, 5) is 0. The van der Waals surface area contributed by atoms with E-state index in [0.717, 1.165) is 18.2 Å². The number of hydrogen-bond donors (Lipinski definition) is 0. The minimum atomic E-state index is -4.04. The Labute approximate surface area is 84.8 Å². The molecular formula is C8H14BrF3O. The number of rotatable bonds is 7. The van der Waals surface area contributed by atoms with E-state index in [1.54, 1.807) is 0 Å². The van der Waals surface area contributed by atoms with Crippen LogP contribution in [0.1, 0.15) is 25.7 Å². The summed E-state index contributed by atoms with van der Waals surface area (Å²) >= 11 is 3.25. The number of alkyl halides is 4. The summed E-state index contributed by atoms with van der Waals surface area (Å²) in [5.74, 6) is 0. The molecule has 0 bridgehead atoms. The summed E-state index contributed by atoms with van der Waals surface area (Å²) < 4.78 is 39.9. The monoisotopic (exact) mass is 262 g/mol. The van der Waals surface area contributed by atoms with E-state index in [1.807, 2.05) is 0 Å². The summed E-state index contributed by atoms with van der Waals surface area (Å²) in [7, 11) is 0. The van der Waals surface area contributed by atoms with Gasteiger partial charge in [-0.3, -0.25) is 0 Å². The summed E-state index contributed by atoms with van der Waals surface area (Å²) in [6.45, 7) is 0.769. The van der Waals surface area contributed by atoms with Crippen LogP contribution in [0.2, 0.25) is 0 Å². The number of unbranched alkanes of at least 4 members (excludes halogenated alkanes) is 1. The molecule has 0 unspecified atom stereocenters. The molecule has 0 aliphatic carbocycles. The molecule has 0 amide bonds. The van der Waals surface area contributed by atoms with E-state index in [4.69, 9.17) is 4.74 Å². The minimum absolute atomic E-state index is 0.0673. The van der Waals surface area contributed by atoms with Gasteiger partial charge < -0.3 is 4.74 Å². The molecule has 0 atom stereocenters. The van der Waals surface area contributed by atoms with Crippen LogP contribution in [0.5, 0.6) is 0 Å². The van der Waals surface area contributed by atoms with Crippen molar-refractivity contribution in [2.24, 2.45) is 0 Å². The molecule has 0 saturated carbocycles. The van der Waals surface area contributed by atoms with Gasteiger partial charge in [0.05, 0.1) is 0 Å². The van der Waals surface area contributed by atoms with E-state index < -0.39 is 12.6 Å². The van der Waals surface area contributed by atoms with Crippen molar-refractivity contribution < 1.29 is 17.9 Å². The lowest BCUT2D eigenvalue weighted by atomic mass is 10.3. The molecule has 0 aliphatic heterocycles. The SMILES string of the molecule is FC(F)(F)CCCOCCCCBr. The highest BCUT2D eigenvalue weighted by Gasteiger charge is 2.25. The van der Waals surface area contributed by atoms with Crippen LogP contribution in [-0.4, -0.2) is 24.7 Å².